The molecule has 19 heavy (non-hydrogen) atoms. The van der Waals surface area contributed by atoms with Crippen LogP contribution in [0.3, 0.4) is 0 Å². The zero-order valence-electron chi connectivity index (χ0n) is 11.1. The summed E-state index contributed by atoms with van der Waals surface area (Å²) in [7, 11) is 3.24. The van der Waals surface area contributed by atoms with Crippen molar-refractivity contribution in [1.29, 1.82) is 0 Å². The maximum atomic E-state index is 6.01. The van der Waals surface area contributed by atoms with Gasteiger partial charge in [-0.25, -0.2) is 4.68 Å². The number of benzene rings is 1. The molecule has 0 aliphatic rings. The van der Waals surface area contributed by atoms with E-state index in [9.17, 15) is 0 Å². The summed E-state index contributed by atoms with van der Waals surface area (Å²) >= 11 is 2.20. The fourth-order valence-corrected chi connectivity index (χ4v) is 2.24. The molecule has 0 amide bonds. The normalized spacial score (nSPS) is 10.5. The summed E-state index contributed by atoms with van der Waals surface area (Å²) in [6.45, 7) is 2.55. The van der Waals surface area contributed by atoms with Crippen LogP contribution in [-0.2, 0) is 6.54 Å². The van der Waals surface area contributed by atoms with Crippen LogP contribution in [0.2, 0.25) is 0 Å². The van der Waals surface area contributed by atoms with Gasteiger partial charge >= 0.3 is 0 Å². The van der Waals surface area contributed by atoms with Crippen molar-refractivity contribution < 1.29 is 9.47 Å². The van der Waals surface area contributed by atoms with Crippen molar-refractivity contribution in [3.05, 3.63) is 33.0 Å². The number of nitrogens with two attached hydrogens (primary N) is 1. The Bertz CT molecular complexity index is 596. The summed E-state index contributed by atoms with van der Waals surface area (Å²) in [5.74, 6) is 2.11. The van der Waals surface area contributed by atoms with Crippen molar-refractivity contribution >= 4 is 28.4 Å². The van der Waals surface area contributed by atoms with Gasteiger partial charge in [0, 0.05) is 0 Å². The van der Waals surface area contributed by atoms with E-state index in [-0.39, 0.29) is 0 Å². The predicted octanol–water partition coefficient (Wildman–Crippen LogP) is 2.44. The Labute approximate surface area is 125 Å². The summed E-state index contributed by atoms with van der Waals surface area (Å²) in [6.07, 6.45) is 0. The second kappa shape index (κ2) is 5.68. The van der Waals surface area contributed by atoms with E-state index in [1.54, 1.807) is 18.9 Å². The number of ether oxygens (including phenoxy) is 2. The molecule has 0 aliphatic carbocycles. The third-order valence-corrected chi connectivity index (χ3v) is 4.20. The molecule has 5 nitrogen and oxygen atoms in total. The molecule has 0 unspecified atom stereocenters. The van der Waals surface area contributed by atoms with E-state index < -0.39 is 0 Å². The zero-order chi connectivity index (χ0) is 14.0. The van der Waals surface area contributed by atoms with E-state index in [4.69, 9.17) is 15.2 Å². The van der Waals surface area contributed by atoms with Crippen LogP contribution in [0.15, 0.2) is 18.2 Å². The molecule has 0 bridgehead atoms. The summed E-state index contributed by atoms with van der Waals surface area (Å²) in [4.78, 5) is 0. The Kier molecular flexibility index (Phi) is 4.18. The average Bonchev–Trinajstić information content (AvgIpc) is 2.66. The average molecular weight is 373 g/mol. The van der Waals surface area contributed by atoms with E-state index in [1.165, 1.54) is 0 Å². The van der Waals surface area contributed by atoms with Crippen molar-refractivity contribution in [2.45, 2.75) is 13.5 Å². The first-order valence-corrected chi connectivity index (χ1v) is 6.84. The maximum Gasteiger partial charge on any atom is 0.161 e. The van der Waals surface area contributed by atoms with E-state index in [0.717, 1.165) is 14.8 Å². The van der Waals surface area contributed by atoms with Gasteiger partial charge in [0.15, 0.2) is 11.5 Å². The monoisotopic (exact) mass is 373 g/mol. The van der Waals surface area contributed by atoms with Crippen LogP contribution in [0.5, 0.6) is 11.5 Å². The van der Waals surface area contributed by atoms with Gasteiger partial charge in [0.05, 0.1) is 30.0 Å². The number of hydrogen-bond acceptors (Lipinski definition) is 4. The minimum atomic E-state index is 0.607. The molecule has 1 aromatic carbocycles. The molecule has 2 rings (SSSR count). The largest absolute Gasteiger partial charge is 0.493 e. The lowest BCUT2D eigenvalue weighted by molar-refractivity contribution is 0.354. The molecule has 1 heterocycles. The van der Waals surface area contributed by atoms with Crippen molar-refractivity contribution in [3.63, 3.8) is 0 Å². The lowest BCUT2D eigenvalue weighted by Gasteiger charge is -2.10. The molecule has 0 spiro atoms. The first kappa shape index (κ1) is 14.0. The van der Waals surface area contributed by atoms with Crippen LogP contribution >= 0.6 is 22.6 Å². The van der Waals surface area contributed by atoms with Crippen molar-refractivity contribution in [2.75, 3.05) is 20.0 Å². The van der Waals surface area contributed by atoms with Gasteiger partial charge in [-0.1, -0.05) is 6.07 Å². The Morgan fingerprint density at radius 3 is 2.47 bits per heavy atom. The van der Waals surface area contributed by atoms with E-state index in [2.05, 4.69) is 27.7 Å². The van der Waals surface area contributed by atoms with E-state index in [0.29, 0.717) is 23.9 Å². The highest BCUT2D eigenvalue weighted by molar-refractivity contribution is 14.1. The Morgan fingerprint density at radius 1 is 1.26 bits per heavy atom. The molecule has 0 aliphatic heterocycles. The van der Waals surface area contributed by atoms with Gasteiger partial charge in [0.1, 0.15) is 5.82 Å². The Balaban J connectivity index is 2.30. The molecular weight excluding hydrogens is 357 g/mol. The fourth-order valence-electron chi connectivity index (χ4n) is 1.85. The van der Waals surface area contributed by atoms with Crippen LogP contribution in [0.4, 0.5) is 5.82 Å². The van der Waals surface area contributed by atoms with Gasteiger partial charge in [-0.15, -0.1) is 0 Å². The predicted molar refractivity (Wildman–Crippen MR) is 82.7 cm³/mol. The fraction of sp³-hybridized carbons (Fsp3) is 0.308. The number of nitrogens with zero attached hydrogens (tertiary/aromatic N) is 2. The highest BCUT2D eigenvalue weighted by atomic mass is 127. The molecule has 0 atom stereocenters. The molecule has 102 valence electrons. The number of hydrogen-bond donors (Lipinski definition) is 1. The first-order valence-electron chi connectivity index (χ1n) is 5.76. The van der Waals surface area contributed by atoms with Crippen molar-refractivity contribution in [2.24, 2.45) is 0 Å². The molecule has 0 radical (unpaired) electrons. The SMILES string of the molecule is COc1ccc(Cn2nc(C)c(I)c2N)cc1OC. The number of nitrogen functional groups attached to an aromatic ring is 1. The molecule has 2 aromatic rings. The van der Waals surface area contributed by atoms with E-state index >= 15 is 0 Å². The zero-order valence-corrected chi connectivity index (χ0v) is 13.3. The van der Waals surface area contributed by atoms with E-state index in [1.807, 2.05) is 25.1 Å². The Morgan fingerprint density at radius 2 is 1.95 bits per heavy atom. The molecule has 0 saturated carbocycles. The van der Waals surface area contributed by atoms with Crippen molar-refractivity contribution in [1.82, 2.24) is 9.78 Å². The Hall–Kier alpha value is -1.44. The second-order valence-corrected chi connectivity index (χ2v) is 5.21. The van der Waals surface area contributed by atoms with Crippen LogP contribution < -0.4 is 15.2 Å². The number of anilines is 1. The van der Waals surface area contributed by atoms with Gasteiger partial charge in [-0.3, -0.25) is 0 Å². The summed E-state index contributed by atoms with van der Waals surface area (Å²) in [5.41, 5.74) is 8.02. The molecule has 6 heteroatoms. The van der Waals surface area contributed by atoms with Gasteiger partial charge in [0.2, 0.25) is 0 Å². The number of halogens is 1. The van der Waals surface area contributed by atoms with Crippen molar-refractivity contribution in [3.8, 4) is 11.5 Å². The molecule has 0 saturated heterocycles. The summed E-state index contributed by atoms with van der Waals surface area (Å²) in [6, 6.07) is 5.79. The van der Waals surface area contributed by atoms with Crippen LogP contribution in [0, 0.1) is 10.5 Å². The topological polar surface area (TPSA) is 62.3 Å². The second-order valence-electron chi connectivity index (χ2n) is 4.13. The molecule has 0 fully saturated rings. The number of methoxy groups -OCH3 is 2. The minimum absolute atomic E-state index is 0.607. The standard InChI is InChI=1S/C13H16IN3O2/c1-8-12(14)13(15)17(16-8)7-9-4-5-10(18-2)11(6-9)19-3/h4-6H,7,15H2,1-3H3. The van der Waals surface area contributed by atoms with Gasteiger partial charge in [0.25, 0.3) is 0 Å². The number of aromatic nitrogens is 2. The minimum Gasteiger partial charge on any atom is -0.493 e. The smallest absolute Gasteiger partial charge is 0.161 e. The van der Waals surface area contributed by atoms with Crippen LogP contribution in [0.1, 0.15) is 11.3 Å². The summed E-state index contributed by atoms with van der Waals surface area (Å²) < 4.78 is 13.3. The lowest BCUT2D eigenvalue weighted by atomic mass is 10.2. The maximum absolute atomic E-state index is 6.01. The van der Waals surface area contributed by atoms with Crippen LogP contribution in [-0.4, -0.2) is 24.0 Å². The highest BCUT2D eigenvalue weighted by Crippen LogP contribution is 2.28. The molecular formula is C13H16IN3O2. The molecule has 2 N–H and O–H groups in total. The third-order valence-electron chi connectivity index (χ3n) is 2.87. The molecule has 1 aromatic heterocycles. The lowest BCUT2D eigenvalue weighted by Crippen LogP contribution is -2.06. The quantitative estimate of drug-likeness (QED) is 0.837. The van der Waals surface area contributed by atoms with Crippen LogP contribution in [0.25, 0.3) is 0 Å². The van der Waals surface area contributed by atoms with Gasteiger partial charge < -0.3 is 15.2 Å². The summed E-state index contributed by atoms with van der Waals surface area (Å²) in [5, 5.41) is 4.42. The highest BCUT2D eigenvalue weighted by Gasteiger charge is 2.11. The van der Waals surface area contributed by atoms with Gasteiger partial charge in [-0.05, 0) is 47.2 Å². The van der Waals surface area contributed by atoms with Gasteiger partial charge in [-0.2, -0.15) is 5.10 Å². The first-order chi connectivity index (χ1) is 9.06. The number of rotatable bonds is 4. The third kappa shape index (κ3) is 2.78. The number of aryl methyl sites for hydroxylation is 1.